The van der Waals surface area contributed by atoms with Crippen molar-refractivity contribution in [2.24, 2.45) is 5.92 Å². The van der Waals surface area contributed by atoms with E-state index in [4.69, 9.17) is 4.74 Å². The highest BCUT2D eigenvalue weighted by Crippen LogP contribution is 2.19. The summed E-state index contributed by atoms with van der Waals surface area (Å²) >= 11 is 0. The molecule has 9 nitrogen and oxygen atoms in total. The van der Waals surface area contributed by atoms with Crippen molar-refractivity contribution in [3.63, 3.8) is 0 Å². The maximum Gasteiger partial charge on any atom is 0.408 e. The standard InChI is InChI=1S/C25H30N4O5/c1-16(2)12-22(24(31)32)28-29-23(30)21(13-18-14-26-20-11-7-6-10-19(18)20)27-25(33)34-15-17-8-4-3-5-9-17/h3-11,14,16,21-22,26,28H,12-13,15H2,1-2H3,(H,27,33)(H,29,30)(H,31,32)/t21-,22-/m0/s1. The van der Waals surface area contributed by atoms with Crippen molar-refractivity contribution in [2.45, 2.75) is 45.4 Å². The number of benzene rings is 2. The number of carboxylic acid groups (broad SMARTS) is 1. The number of aromatic nitrogens is 1. The zero-order valence-corrected chi connectivity index (χ0v) is 19.2. The Balaban J connectivity index is 1.70. The first-order valence-electron chi connectivity index (χ1n) is 11.1. The normalized spacial score (nSPS) is 12.8. The Hall–Kier alpha value is -3.85. The van der Waals surface area contributed by atoms with E-state index >= 15 is 0 Å². The molecule has 0 saturated heterocycles. The summed E-state index contributed by atoms with van der Waals surface area (Å²) in [5.41, 5.74) is 7.59. The number of hydrazine groups is 1. The summed E-state index contributed by atoms with van der Waals surface area (Å²) < 4.78 is 5.28. The van der Waals surface area contributed by atoms with Crippen LogP contribution in [0, 0.1) is 5.92 Å². The van der Waals surface area contributed by atoms with E-state index in [0.29, 0.717) is 6.42 Å². The highest BCUT2D eigenvalue weighted by molar-refractivity contribution is 5.88. The number of nitrogens with one attached hydrogen (secondary N) is 4. The molecule has 2 aromatic carbocycles. The molecule has 9 heteroatoms. The van der Waals surface area contributed by atoms with Crippen molar-refractivity contribution in [3.8, 4) is 0 Å². The van der Waals surface area contributed by atoms with E-state index in [1.165, 1.54) is 0 Å². The van der Waals surface area contributed by atoms with Crippen LogP contribution in [0.3, 0.4) is 0 Å². The van der Waals surface area contributed by atoms with Crippen LogP contribution in [0.25, 0.3) is 10.9 Å². The molecule has 0 saturated carbocycles. The summed E-state index contributed by atoms with van der Waals surface area (Å²) in [6, 6.07) is 14.9. The molecule has 3 rings (SSSR count). The van der Waals surface area contributed by atoms with Crippen LogP contribution in [0.4, 0.5) is 4.79 Å². The topological polar surface area (TPSA) is 133 Å². The molecule has 0 spiro atoms. The number of hydrogen-bond donors (Lipinski definition) is 5. The molecule has 1 heterocycles. The maximum atomic E-state index is 13.0. The van der Waals surface area contributed by atoms with Gasteiger partial charge in [0.2, 0.25) is 0 Å². The fourth-order valence-electron chi connectivity index (χ4n) is 3.57. The van der Waals surface area contributed by atoms with Crippen molar-refractivity contribution < 1.29 is 24.2 Å². The second-order valence-corrected chi connectivity index (χ2v) is 8.48. The van der Waals surface area contributed by atoms with Gasteiger partial charge in [-0.15, -0.1) is 0 Å². The Morgan fingerprint density at radius 1 is 1.00 bits per heavy atom. The van der Waals surface area contributed by atoms with Crippen LogP contribution >= 0.6 is 0 Å². The number of aliphatic carboxylic acids is 1. The third kappa shape index (κ3) is 7.08. The highest BCUT2D eigenvalue weighted by atomic mass is 16.5. The second kappa shape index (κ2) is 11.9. The first-order valence-corrected chi connectivity index (χ1v) is 11.1. The van der Waals surface area contributed by atoms with Crippen molar-refractivity contribution in [1.29, 1.82) is 0 Å². The van der Waals surface area contributed by atoms with Gasteiger partial charge < -0.3 is 20.1 Å². The van der Waals surface area contributed by atoms with Gasteiger partial charge in [0.1, 0.15) is 18.7 Å². The lowest BCUT2D eigenvalue weighted by Gasteiger charge is -2.21. The molecular weight excluding hydrogens is 436 g/mol. The lowest BCUT2D eigenvalue weighted by molar-refractivity contribution is -0.140. The summed E-state index contributed by atoms with van der Waals surface area (Å²) in [6.07, 6.45) is 1.55. The predicted molar refractivity (Wildman–Crippen MR) is 128 cm³/mol. The highest BCUT2D eigenvalue weighted by Gasteiger charge is 2.26. The number of hydrogen-bond acceptors (Lipinski definition) is 5. The molecule has 5 N–H and O–H groups in total. The molecule has 2 amide bonds. The van der Waals surface area contributed by atoms with Crippen molar-refractivity contribution in [1.82, 2.24) is 21.2 Å². The third-order valence-corrected chi connectivity index (χ3v) is 5.30. The molecule has 1 aromatic heterocycles. The molecule has 0 unspecified atom stereocenters. The van der Waals surface area contributed by atoms with Gasteiger partial charge in [-0.1, -0.05) is 62.4 Å². The molecule has 34 heavy (non-hydrogen) atoms. The van der Waals surface area contributed by atoms with Crippen LogP contribution in [-0.4, -0.2) is 40.1 Å². The number of H-pyrrole nitrogens is 1. The lowest BCUT2D eigenvalue weighted by Crippen LogP contribution is -2.55. The quantitative estimate of drug-likeness (QED) is 0.276. The maximum absolute atomic E-state index is 13.0. The van der Waals surface area contributed by atoms with E-state index in [-0.39, 0.29) is 18.9 Å². The molecule has 3 aromatic rings. The minimum atomic E-state index is -1.07. The molecule has 0 aliphatic heterocycles. The van der Waals surface area contributed by atoms with Crippen LogP contribution in [0.2, 0.25) is 0 Å². The van der Waals surface area contributed by atoms with Crippen LogP contribution < -0.4 is 16.2 Å². The van der Waals surface area contributed by atoms with Gasteiger partial charge in [0.05, 0.1) is 0 Å². The fraction of sp³-hybridized carbons (Fsp3) is 0.320. The lowest BCUT2D eigenvalue weighted by atomic mass is 10.0. The van der Waals surface area contributed by atoms with Gasteiger partial charge in [-0.2, -0.15) is 0 Å². The predicted octanol–water partition coefficient (Wildman–Crippen LogP) is 3.13. The summed E-state index contributed by atoms with van der Waals surface area (Å²) in [4.78, 5) is 40.1. The number of fused-ring (bicyclic) bond motifs is 1. The minimum Gasteiger partial charge on any atom is -0.480 e. The molecule has 0 radical (unpaired) electrons. The Morgan fingerprint density at radius 3 is 2.41 bits per heavy atom. The van der Waals surface area contributed by atoms with Crippen LogP contribution in [0.1, 0.15) is 31.4 Å². The van der Waals surface area contributed by atoms with E-state index in [2.05, 4.69) is 21.2 Å². The van der Waals surface area contributed by atoms with Gasteiger partial charge >= 0.3 is 12.1 Å². The summed E-state index contributed by atoms with van der Waals surface area (Å²) in [7, 11) is 0. The van der Waals surface area contributed by atoms with Gasteiger partial charge in [0, 0.05) is 23.5 Å². The molecule has 2 atom stereocenters. The summed E-state index contributed by atoms with van der Waals surface area (Å²) in [5, 5.41) is 13.0. The minimum absolute atomic E-state index is 0.0574. The van der Waals surface area contributed by atoms with Gasteiger partial charge in [0.15, 0.2) is 0 Å². The Bertz CT molecular complexity index is 1110. The van der Waals surface area contributed by atoms with Crippen molar-refractivity contribution in [2.75, 3.05) is 0 Å². The Morgan fingerprint density at radius 2 is 1.71 bits per heavy atom. The number of ether oxygens (including phenoxy) is 1. The molecular formula is C25H30N4O5. The number of carbonyl (C=O) groups excluding carboxylic acids is 2. The number of alkyl carbamates (subject to hydrolysis) is 1. The molecule has 180 valence electrons. The van der Waals surface area contributed by atoms with E-state index in [1.807, 2.05) is 68.4 Å². The van der Waals surface area contributed by atoms with E-state index in [9.17, 15) is 19.5 Å². The largest absolute Gasteiger partial charge is 0.480 e. The van der Waals surface area contributed by atoms with Gasteiger partial charge in [-0.05, 0) is 29.5 Å². The number of amides is 2. The van der Waals surface area contributed by atoms with Gasteiger partial charge in [-0.3, -0.25) is 15.0 Å². The van der Waals surface area contributed by atoms with Crippen molar-refractivity contribution in [3.05, 3.63) is 71.9 Å². The first kappa shape index (κ1) is 24.8. The van der Waals surface area contributed by atoms with Crippen LogP contribution in [-0.2, 0) is 27.4 Å². The number of rotatable bonds is 11. The van der Waals surface area contributed by atoms with E-state index in [0.717, 1.165) is 22.0 Å². The number of carbonyl (C=O) groups is 3. The number of carboxylic acids is 1. The molecule has 0 fully saturated rings. The Kier molecular flexibility index (Phi) is 8.64. The zero-order chi connectivity index (χ0) is 24.5. The molecule has 0 aliphatic carbocycles. The number of aromatic amines is 1. The SMILES string of the molecule is CC(C)C[C@H](NNC(=O)[C@H](Cc1c[nH]c2ccccc12)NC(=O)OCc1ccccc1)C(=O)O. The van der Waals surface area contributed by atoms with Gasteiger partial charge in [-0.25, -0.2) is 10.2 Å². The Labute approximate surface area is 197 Å². The molecule has 0 aliphatic rings. The number of para-hydroxylation sites is 1. The average molecular weight is 467 g/mol. The summed E-state index contributed by atoms with van der Waals surface area (Å²) in [5.74, 6) is -1.53. The monoisotopic (exact) mass is 466 g/mol. The fourth-order valence-corrected chi connectivity index (χ4v) is 3.57. The van der Waals surface area contributed by atoms with E-state index < -0.39 is 30.1 Å². The van der Waals surface area contributed by atoms with Crippen LogP contribution in [0.5, 0.6) is 0 Å². The summed E-state index contributed by atoms with van der Waals surface area (Å²) in [6.45, 7) is 3.84. The second-order valence-electron chi connectivity index (χ2n) is 8.48. The smallest absolute Gasteiger partial charge is 0.408 e. The zero-order valence-electron chi connectivity index (χ0n) is 19.2. The molecule has 0 bridgehead atoms. The average Bonchev–Trinajstić information content (AvgIpc) is 3.23. The van der Waals surface area contributed by atoms with E-state index in [1.54, 1.807) is 6.20 Å². The first-order chi connectivity index (χ1) is 16.3. The van der Waals surface area contributed by atoms with Crippen LogP contribution in [0.15, 0.2) is 60.8 Å². The van der Waals surface area contributed by atoms with Crippen molar-refractivity contribution >= 4 is 28.9 Å². The third-order valence-electron chi connectivity index (χ3n) is 5.30. The van der Waals surface area contributed by atoms with Gasteiger partial charge in [0.25, 0.3) is 5.91 Å².